The summed E-state index contributed by atoms with van der Waals surface area (Å²) in [4.78, 5) is 0. The Labute approximate surface area is 98.7 Å². The van der Waals surface area contributed by atoms with Gasteiger partial charge in [-0.1, -0.05) is 44.2 Å². The third-order valence-electron chi connectivity index (χ3n) is 3.27. The van der Waals surface area contributed by atoms with Crippen molar-refractivity contribution < 1.29 is 5.11 Å². The van der Waals surface area contributed by atoms with Crippen LogP contribution in [-0.2, 0) is 5.54 Å². The Morgan fingerprint density at radius 2 is 1.75 bits per heavy atom. The fourth-order valence-electron chi connectivity index (χ4n) is 2.11. The monoisotopic (exact) mass is 221 g/mol. The Morgan fingerprint density at radius 3 is 2.19 bits per heavy atom. The largest absolute Gasteiger partial charge is 0.392 e. The van der Waals surface area contributed by atoms with Gasteiger partial charge in [0.05, 0.1) is 6.10 Å². The third kappa shape index (κ3) is 3.06. The molecule has 0 radical (unpaired) electrons. The molecule has 0 heterocycles. The van der Waals surface area contributed by atoms with Crippen molar-refractivity contribution in [3.8, 4) is 0 Å². The Kier molecular flexibility index (Phi) is 4.97. The first kappa shape index (κ1) is 13.2. The fourth-order valence-corrected chi connectivity index (χ4v) is 2.11. The van der Waals surface area contributed by atoms with E-state index >= 15 is 0 Å². The van der Waals surface area contributed by atoms with Crippen molar-refractivity contribution in [3.05, 3.63) is 35.9 Å². The van der Waals surface area contributed by atoms with E-state index in [1.165, 1.54) is 5.56 Å². The minimum atomic E-state index is -0.304. The normalized spacial score (nSPS) is 13.8. The van der Waals surface area contributed by atoms with Crippen molar-refractivity contribution in [1.82, 2.24) is 5.32 Å². The summed E-state index contributed by atoms with van der Waals surface area (Å²) >= 11 is 0. The van der Waals surface area contributed by atoms with E-state index in [0.717, 1.165) is 12.8 Å². The highest BCUT2D eigenvalue weighted by Gasteiger charge is 2.27. The molecule has 1 rings (SSSR count). The van der Waals surface area contributed by atoms with Gasteiger partial charge in [0.15, 0.2) is 0 Å². The number of aliphatic hydroxyl groups excluding tert-OH is 1. The van der Waals surface area contributed by atoms with Crippen LogP contribution in [0.4, 0.5) is 0 Å². The molecule has 0 aliphatic heterocycles. The minimum absolute atomic E-state index is 0.00174. The van der Waals surface area contributed by atoms with E-state index < -0.39 is 0 Å². The highest BCUT2D eigenvalue weighted by Crippen LogP contribution is 2.28. The van der Waals surface area contributed by atoms with Crippen LogP contribution in [0.5, 0.6) is 0 Å². The molecule has 2 heteroatoms. The maximum absolute atomic E-state index is 9.39. The first-order chi connectivity index (χ1) is 7.64. The molecular weight excluding hydrogens is 198 g/mol. The molecule has 0 saturated heterocycles. The highest BCUT2D eigenvalue weighted by molar-refractivity contribution is 5.24. The van der Waals surface area contributed by atoms with Gasteiger partial charge < -0.3 is 10.4 Å². The third-order valence-corrected chi connectivity index (χ3v) is 3.27. The standard InChI is InChI=1S/C14H23NO/c1-4-14(5-2,15-11-12(3)16)13-9-7-6-8-10-13/h6-10,12,15-16H,4-5,11H2,1-3H3. The van der Waals surface area contributed by atoms with Gasteiger partial charge in [-0.2, -0.15) is 0 Å². The lowest BCUT2D eigenvalue weighted by Gasteiger charge is -2.34. The van der Waals surface area contributed by atoms with Crippen LogP contribution in [0.1, 0.15) is 39.2 Å². The lowest BCUT2D eigenvalue weighted by atomic mass is 9.84. The van der Waals surface area contributed by atoms with Crippen LogP contribution in [0.25, 0.3) is 0 Å². The highest BCUT2D eigenvalue weighted by atomic mass is 16.3. The second-order valence-electron chi connectivity index (χ2n) is 4.39. The molecule has 0 bridgehead atoms. The Hall–Kier alpha value is -0.860. The van der Waals surface area contributed by atoms with E-state index in [2.05, 4.69) is 43.4 Å². The van der Waals surface area contributed by atoms with Crippen LogP contribution in [0, 0.1) is 0 Å². The van der Waals surface area contributed by atoms with E-state index in [4.69, 9.17) is 0 Å². The molecule has 0 aliphatic carbocycles. The van der Waals surface area contributed by atoms with Crippen LogP contribution in [0.15, 0.2) is 30.3 Å². The van der Waals surface area contributed by atoms with E-state index in [-0.39, 0.29) is 11.6 Å². The summed E-state index contributed by atoms with van der Waals surface area (Å²) in [7, 11) is 0. The average molecular weight is 221 g/mol. The molecule has 0 fully saturated rings. The topological polar surface area (TPSA) is 32.3 Å². The molecule has 2 N–H and O–H groups in total. The zero-order valence-electron chi connectivity index (χ0n) is 10.5. The van der Waals surface area contributed by atoms with E-state index in [1.54, 1.807) is 0 Å². The van der Waals surface area contributed by atoms with E-state index in [0.29, 0.717) is 6.54 Å². The smallest absolute Gasteiger partial charge is 0.0636 e. The van der Waals surface area contributed by atoms with Gasteiger partial charge in [-0.15, -0.1) is 0 Å². The summed E-state index contributed by atoms with van der Waals surface area (Å²) in [6.45, 7) is 6.82. The molecule has 90 valence electrons. The summed E-state index contributed by atoms with van der Waals surface area (Å²) in [5.41, 5.74) is 1.30. The van der Waals surface area contributed by atoms with Crippen molar-refractivity contribution >= 4 is 0 Å². The van der Waals surface area contributed by atoms with Gasteiger partial charge in [-0.3, -0.25) is 0 Å². The van der Waals surface area contributed by atoms with E-state index in [9.17, 15) is 5.11 Å². The predicted molar refractivity (Wildman–Crippen MR) is 68.4 cm³/mol. The van der Waals surface area contributed by atoms with Gasteiger partial charge in [0.1, 0.15) is 0 Å². The Morgan fingerprint density at radius 1 is 1.19 bits per heavy atom. The summed E-state index contributed by atoms with van der Waals surface area (Å²) in [5, 5.41) is 12.9. The molecule has 16 heavy (non-hydrogen) atoms. The molecule has 0 spiro atoms. The van der Waals surface area contributed by atoms with Gasteiger partial charge in [-0.05, 0) is 25.3 Å². The van der Waals surface area contributed by atoms with Gasteiger partial charge >= 0.3 is 0 Å². The van der Waals surface area contributed by atoms with Crippen LogP contribution < -0.4 is 5.32 Å². The lowest BCUT2D eigenvalue weighted by Crippen LogP contribution is -2.44. The van der Waals surface area contributed by atoms with Crippen molar-refractivity contribution in [1.29, 1.82) is 0 Å². The predicted octanol–water partition coefficient (Wildman–Crippen LogP) is 2.67. The number of benzene rings is 1. The van der Waals surface area contributed by atoms with Crippen LogP contribution in [0.3, 0.4) is 0 Å². The summed E-state index contributed by atoms with van der Waals surface area (Å²) in [6.07, 6.45) is 1.75. The number of nitrogens with one attached hydrogen (secondary N) is 1. The first-order valence-corrected chi connectivity index (χ1v) is 6.13. The van der Waals surface area contributed by atoms with Crippen molar-refractivity contribution in [2.45, 2.75) is 45.3 Å². The lowest BCUT2D eigenvalue weighted by molar-refractivity contribution is 0.166. The second kappa shape index (κ2) is 6.02. The van der Waals surface area contributed by atoms with Gasteiger partial charge in [0.2, 0.25) is 0 Å². The van der Waals surface area contributed by atoms with Crippen molar-refractivity contribution in [2.24, 2.45) is 0 Å². The number of rotatable bonds is 6. The van der Waals surface area contributed by atoms with Gasteiger partial charge in [0, 0.05) is 12.1 Å². The average Bonchev–Trinajstić information content (AvgIpc) is 2.32. The molecule has 0 saturated carbocycles. The van der Waals surface area contributed by atoms with Crippen molar-refractivity contribution in [2.75, 3.05) is 6.54 Å². The number of aliphatic hydroxyl groups is 1. The first-order valence-electron chi connectivity index (χ1n) is 6.13. The zero-order chi connectivity index (χ0) is 12.0. The molecule has 1 atom stereocenters. The van der Waals surface area contributed by atoms with Crippen LogP contribution >= 0.6 is 0 Å². The fraction of sp³-hybridized carbons (Fsp3) is 0.571. The summed E-state index contributed by atoms with van der Waals surface area (Å²) in [6, 6.07) is 10.5. The molecule has 1 aromatic rings. The molecule has 0 amide bonds. The molecular formula is C14H23NO. The molecule has 1 unspecified atom stereocenters. The molecule has 1 aromatic carbocycles. The van der Waals surface area contributed by atoms with Crippen LogP contribution in [-0.4, -0.2) is 17.8 Å². The minimum Gasteiger partial charge on any atom is -0.392 e. The second-order valence-corrected chi connectivity index (χ2v) is 4.39. The van der Waals surface area contributed by atoms with Gasteiger partial charge in [0.25, 0.3) is 0 Å². The molecule has 2 nitrogen and oxygen atoms in total. The van der Waals surface area contributed by atoms with Crippen LogP contribution in [0.2, 0.25) is 0 Å². The Balaban J connectivity index is 2.87. The Bertz CT molecular complexity index is 291. The van der Waals surface area contributed by atoms with Gasteiger partial charge in [-0.25, -0.2) is 0 Å². The maximum Gasteiger partial charge on any atom is 0.0636 e. The van der Waals surface area contributed by atoms with E-state index in [1.807, 2.05) is 13.0 Å². The maximum atomic E-state index is 9.39. The summed E-state index contributed by atoms with van der Waals surface area (Å²) in [5.74, 6) is 0. The number of hydrogen-bond acceptors (Lipinski definition) is 2. The molecule has 0 aromatic heterocycles. The zero-order valence-corrected chi connectivity index (χ0v) is 10.5. The number of hydrogen-bond donors (Lipinski definition) is 2. The summed E-state index contributed by atoms with van der Waals surface area (Å²) < 4.78 is 0. The van der Waals surface area contributed by atoms with Crippen molar-refractivity contribution in [3.63, 3.8) is 0 Å². The SMILES string of the molecule is CCC(CC)(NCC(C)O)c1ccccc1. The molecule has 0 aliphatic rings. The quantitative estimate of drug-likeness (QED) is 0.774.